The van der Waals surface area contributed by atoms with Crippen LogP contribution in [0.5, 0.6) is 0 Å². The van der Waals surface area contributed by atoms with Crippen LogP contribution in [0.4, 0.5) is 0 Å². The average Bonchev–Trinajstić information content (AvgIpc) is 3.16. The third-order valence-corrected chi connectivity index (χ3v) is 4.30. The van der Waals surface area contributed by atoms with Gasteiger partial charge >= 0.3 is 11.9 Å². The molecular weight excluding hydrogens is 286 g/mol. The Bertz CT molecular complexity index is 870. The molecule has 4 nitrogen and oxygen atoms in total. The maximum atomic E-state index is 12.1. The highest BCUT2D eigenvalue weighted by Gasteiger charge is 2.36. The van der Waals surface area contributed by atoms with Crippen LogP contribution in [0, 0.1) is 0 Å². The fourth-order valence-electron chi connectivity index (χ4n) is 2.49. The predicted octanol–water partition coefficient (Wildman–Crippen LogP) is 3.22. The number of fused-ring (bicyclic) bond motifs is 1. The topological polar surface area (TPSA) is 59.2 Å². The zero-order chi connectivity index (χ0) is 14.4. The Kier molecular flexibility index (Phi) is 2.55. The van der Waals surface area contributed by atoms with Gasteiger partial charge in [0.1, 0.15) is 0 Å². The molecule has 0 spiro atoms. The molecular formula is C16H9NO3S. The Morgan fingerprint density at radius 2 is 1.76 bits per heavy atom. The molecule has 1 aliphatic rings. The van der Waals surface area contributed by atoms with E-state index in [-0.39, 0.29) is 0 Å². The zero-order valence-corrected chi connectivity index (χ0v) is 11.6. The van der Waals surface area contributed by atoms with Crippen molar-refractivity contribution in [2.75, 3.05) is 0 Å². The summed E-state index contributed by atoms with van der Waals surface area (Å²) in [5, 5.41) is 2.85. The van der Waals surface area contributed by atoms with Gasteiger partial charge < -0.3 is 9.72 Å². The summed E-state index contributed by atoms with van der Waals surface area (Å²) >= 11 is 1.41. The largest absolute Gasteiger partial charge is 0.386 e. The van der Waals surface area contributed by atoms with E-state index in [2.05, 4.69) is 4.98 Å². The molecule has 21 heavy (non-hydrogen) atoms. The van der Waals surface area contributed by atoms with Crippen LogP contribution in [0.1, 0.15) is 10.6 Å². The zero-order valence-electron chi connectivity index (χ0n) is 10.8. The van der Waals surface area contributed by atoms with E-state index in [9.17, 15) is 9.59 Å². The number of H-pyrrole nitrogens is 1. The summed E-state index contributed by atoms with van der Waals surface area (Å²) in [5.74, 6) is -1.19. The fraction of sp³-hybridized carbons (Fsp3) is 0. The fourth-order valence-corrected chi connectivity index (χ4v) is 3.25. The first-order valence-corrected chi connectivity index (χ1v) is 7.25. The van der Waals surface area contributed by atoms with E-state index < -0.39 is 11.9 Å². The molecule has 1 N–H and O–H groups in total. The van der Waals surface area contributed by atoms with Crippen molar-refractivity contribution in [3.63, 3.8) is 0 Å². The van der Waals surface area contributed by atoms with E-state index >= 15 is 0 Å². The lowest BCUT2D eigenvalue weighted by atomic mass is 10.1. The van der Waals surface area contributed by atoms with Crippen LogP contribution in [0.25, 0.3) is 22.0 Å². The van der Waals surface area contributed by atoms with E-state index in [0.29, 0.717) is 16.8 Å². The summed E-state index contributed by atoms with van der Waals surface area (Å²) in [6.45, 7) is 0. The van der Waals surface area contributed by atoms with E-state index in [1.165, 1.54) is 11.3 Å². The molecule has 3 aromatic rings. The minimum Gasteiger partial charge on any atom is -0.386 e. The summed E-state index contributed by atoms with van der Waals surface area (Å²) in [5.41, 5.74) is 2.16. The van der Waals surface area contributed by atoms with Gasteiger partial charge in [0.2, 0.25) is 0 Å². The number of nitrogens with one attached hydrogen (secondary N) is 1. The van der Waals surface area contributed by atoms with Gasteiger partial charge in [-0.1, -0.05) is 24.3 Å². The standard InChI is InChI=1S/C16H9NO3S/c18-15-13(11-8-9-4-1-2-5-10(9)17-11)14(16(19)20-15)12-6-3-7-21-12/h1-8,17H. The molecule has 0 aliphatic carbocycles. The Morgan fingerprint density at radius 3 is 2.52 bits per heavy atom. The molecule has 0 atom stereocenters. The van der Waals surface area contributed by atoms with Crippen LogP contribution in [0.15, 0.2) is 47.8 Å². The SMILES string of the molecule is O=C1OC(=O)C(c2cccs2)=C1c1cc2ccccc2[nH]1. The molecule has 0 unspecified atom stereocenters. The highest BCUT2D eigenvalue weighted by molar-refractivity contribution is 7.11. The molecule has 0 amide bonds. The quantitative estimate of drug-likeness (QED) is 0.583. The molecule has 0 saturated carbocycles. The lowest BCUT2D eigenvalue weighted by Gasteiger charge is -1.97. The third kappa shape index (κ3) is 1.82. The number of aromatic nitrogens is 1. The van der Waals surface area contributed by atoms with Crippen molar-refractivity contribution in [1.82, 2.24) is 4.98 Å². The molecule has 0 bridgehead atoms. The van der Waals surface area contributed by atoms with Crippen molar-refractivity contribution < 1.29 is 14.3 Å². The Balaban J connectivity index is 1.98. The van der Waals surface area contributed by atoms with Crippen LogP contribution in [0.2, 0.25) is 0 Å². The highest BCUT2D eigenvalue weighted by Crippen LogP contribution is 2.36. The van der Waals surface area contributed by atoms with E-state index in [4.69, 9.17) is 4.74 Å². The molecule has 1 aliphatic heterocycles. The van der Waals surface area contributed by atoms with Crippen molar-refractivity contribution in [3.8, 4) is 0 Å². The average molecular weight is 295 g/mol. The third-order valence-electron chi connectivity index (χ3n) is 3.41. The molecule has 102 valence electrons. The molecule has 0 radical (unpaired) electrons. The van der Waals surface area contributed by atoms with Crippen LogP contribution in [-0.2, 0) is 14.3 Å². The van der Waals surface area contributed by atoms with Crippen LogP contribution >= 0.6 is 11.3 Å². The molecule has 1 aromatic carbocycles. The van der Waals surface area contributed by atoms with Gasteiger partial charge in [0.25, 0.3) is 0 Å². The van der Waals surface area contributed by atoms with Gasteiger partial charge in [-0.25, -0.2) is 9.59 Å². The van der Waals surface area contributed by atoms with E-state index in [1.807, 2.05) is 47.8 Å². The second-order valence-electron chi connectivity index (χ2n) is 4.67. The number of para-hydroxylation sites is 1. The number of carbonyl (C=O) groups excluding carboxylic acids is 2. The van der Waals surface area contributed by atoms with Crippen LogP contribution < -0.4 is 0 Å². The van der Waals surface area contributed by atoms with Gasteiger partial charge in [0, 0.05) is 15.8 Å². The lowest BCUT2D eigenvalue weighted by Crippen LogP contribution is -2.01. The monoisotopic (exact) mass is 295 g/mol. The van der Waals surface area contributed by atoms with Crippen molar-refractivity contribution >= 4 is 45.3 Å². The second-order valence-corrected chi connectivity index (χ2v) is 5.62. The normalized spacial score (nSPS) is 15.0. The molecule has 2 aromatic heterocycles. The number of aromatic amines is 1. The molecule has 0 fully saturated rings. The number of ether oxygens (including phenoxy) is 1. The maximum Gasteiger partial charge on any atom is 0.349 e. The number of esters is 2. The molecule has 3 heterocycles. The first-order chi connectivity index (χ1) is 10.2. The number of rotatable bonds is 2. The summed E-state index contributed by atoms with van der Waals surface area (Å²) < 4.78 is 4.80. The first kappa shape index (κ1) is 12.1. The lowest BCUT2D eigenvalue weighted by molar-refractivity contribution is -0.149. The van der Waals surface area contributed by atoms with Crippen LogP contribution in [-0.4, -0.2) is 16.9 Å². The smallest absolute Gasteiger partial charge is 0.349 e. The van der Waals surface area contributed by atoms with Crippen molar-refractivity contribution in [1.29, 1.82) is 0 Å². The maximum absolute atomic E-state index is 12.1. The summed E-state index contributed by atoms with van der Waals surface area (Å²) in [4.78, 5) is 27.9. The van der Waals surface area contributed by atoms with Gasteiger partial charge in [-0.05, 0) is 23.6 Å². The van der Waals surface area contributed by atoms with Gasteiger partial charge in [-0.15, -0.1) is 11.3 Å². The first-order valence-electron chi connectivity index (χ1n) is 6.37. The minimum absolute atomic E-state index is 0.304. The molecule has 0 saturated heterocycles. The van der Waals surface area contributed by atoms with Gasteiger partial charge in [-0.2, -0.15) is 0 Å². The number of carbonyl (C=O) groups is 2. The van der Waals surface area contributed by atoms with Gasteiger partial charge in [0.05, 0.1) is 16.8 Å². The molecule has 5 heteroatoms. The second kappa shape index (κ2) is 4.43. The highest BCUT2D eigenvalue weighted by atomic mass is 32.1. The number of hydrogen-bond donors (Lipinski definition) is 1. The molecule has 4 rings (SSSR count). The summed E-state index contributed by atoms with van der Waals surface area (Å²) in [6, 6.07) is 13.2. The Hall–Kier alpha value is -2.66. The Morgan fingerprint density at radius 1 is 0.952 bits per heavy atom. The van der Waals surface area contributed by atoms with Crippen molar-refractivity contribution in [2.24, 2.45) is 0 Å². The van der Waals surface area contributed by atoms with Gasteiger partial charge in [0.15, 0.2) is 0 Å². The number of benzene rings is 1. The predicted molar refractivity (Wildman–Crippen MR) is 80.5 cm³/mol. The summed E-state index contributed by atoms with van der Waals surface area (Å²) in [6.07, 6.45) is 0. The van der Waals surface area contributed by atoms with Crippen molar-refractivity contribution in [3.05, 3.63) is 58.4 Å². The van der Waals surface area contributed by atoms with Gasteiger partial charge in [-0.3, -0.25) is 0 Å². The Labute approximate surface area is 123 Å². The van der Waals surface area contributed by atoms with Crippen LogP contribution in [0.3, 0.4) is 0 Å². The summed E-state index contributed by atoms with van der Waals surface area (Å²) in [7, 11) is 0. The van der Waals surface area contributed by atoms with Crippen molar-refractivity contribution in [2.45, 2.75) is 0 Å². The number of cyclic esters (lactones) is 2. The van der Waals surface area contributed by atoms with E-state index in [0.717, 1.165) is 15.8 Å². The van der Waals surface area contributed by atoms with E-state index in [1.54, 1.807) is 0 Å². The minimum atomic E-state index is -0.602. The number of hydrogen-bond acceptors (Lipinski definition) is 4. The number of thiophene rings is 1.